The molecule has 0 spiro atoms. The molecule has 144 valence electrons. The summed E-state index contributed by atoms with van der Waals surface area (Å²) in [6.45, 7) is 3.70. The van der Waals surface area contributed by atoms with Gasteiger partial charge in [0.25, 0.3) is 5.91 Å². The number of nitrogens with zero attached hydrogens (tertiary/aromatic N) is 3. The van der Waals surface area contributed by atoms with E-state index < -0.39 is 0 Å². The van der Waals surface area contributed by atoms with Crippen LogP contribution in [0.15, 0.2) is 54.9 Å². The third-order valence-electron chi connectivity index (χ3n) is 5.30. The molecule has 2 amide bonds. The largest absolute Gasteiger partial charge is 0.352 e. The molecule has 0 aliphatic carbocycles. The van der Waals surface area contributed by atoms with E-state index in [1.807, 2.05) is 60.0 Å². The molecular weight excluding hydrogens is 352 g/mol. The zero-order valence-electron chi connectivity index (χ0n) is 16.0. The molecule has 0 bridgehead atoms. The summed E-state index contributed by atoms with van der Waals surface area (Å²) in [6.07, 6.45) is 5.05. The summed E-state index contributed by atoms with van der Waals surface area (Å²) in [5.74, 6) is -0.0415. The fourth-order valence-corrected chi connectivity index (χ4v) is 3.62. The number of hydrogen-bond acceptors (Lipinski definition) is 3. The van der Waals surface area contributed by atoms with Crippen LogP contribution < -0.4 is 5.32 Å². The minimum atomic E-state index is -0.0653. The van der Waals surface area contributed by atoms with Gasteiger partial charge in [-0.15, -0.1) is 0 Å². The van der Waals surface area contributed by atoms with Crippen LogP contribution in [0.2, 0.25) is 0 Å². The molecule has 3 heterocycles. The number of benzene rings is 1. The number of carbonyl (C=O) groups is 2. The molecule has 6 nitrogen and oxygen atoms in total. The van der Waals surface area contributed by atoms with E-state index in [-0.39, 0.29) is 17.7 Å². The molecule has 3 aromatic rings. The molecule has 1 aromatic carbocycles. The van der Waals surface area contributed by atoms with E-state index in [9.17, 15) is 9.59 Å². The highest BCUT2D eigenvalue weighted by Crippen LogP contribution is 2.20. The number of piperidine rings is 1. The molecule has 4 rings (SSSR count). The molecule has 1 aliphatic heterocycles. The summed E-state index contributed by atoms with van der Waals surface area (Å²) in [6, 6.07) is 13.8. The van der Waals surface area contributed by atoms with Crippen LogP contribution >= 0.6 is 0 Å². The molecular formula is C22H24N4O2. The van der Waals surface area contributed by atoms with Gasteiger partial charge in [-0.25, -0.2) is 4.98 Å². The summed E-state index contributed by atoms with van der Waals surface area (Å²) in [5, 5.41) is 3.01. The normalized spacial score (nSPS) is 15.0. The Balaban J connectivity index is 1.32. The zero-order valence-corrected chi connectivity index (χ0v) is 16.0. The summed E-state index contributed by atoms with van der Waals surface area (Å²) in [7, 11) is 0. The van der Waals surface area contributed by atoms with E-state index in [1.54, 1.807) is 11.1 Å². The van der Waals surface area contributed by atoms with Crippen LogP contribution in [0.3, 0.4) is 0 Å². The molecule has 1 fully saturated rings. The zero-order chi connectivity index (χ0) is 19.5. The van der Waals surface area contributed by atoms with Gasteiger partial charge in [0.1, 0.15) is 11.3 Å². The molecule has 0 radical (unpaired) electrons. The van der Waals surface area contributed by atoms with E-state index in [1.165, 1.54) is 0 Å². The van der Waals surface area contributed by atoms with Gasteiger partial charge in [0.2, 0.25) is 5.91 Å². The second-order valence-electron chi connectivity index (χ2n) is 7.37. The Labute approximate surface area is 164 Å². The van der Waals surface area contributed by atoms with Crippen molar-refractivity contribution in [1.82, 2.24) is 19.6 Å². The van der Waals surface area contributed by atoms with Gasteiger partial charge < -0.3 is 14.6 Å². The predicted molar refractivity (Wildman–Crippen MR) is 107 cm³/mol. The monoisotopic (exact) mass is 376 g/mol. The number of hydrogen-bond donors (Lipinski definition) is 1. The molecule has 2 aromatic heterocycles. The number of fused-ring (bicyclic) bond motifs is 1. The number of aryl methyl sites for hydroxylation is 1. The third kappa shape index (κ3) is 3.91. The lowest BCUT2D eigenvalue weighted by Crippen LogP contribution is -2.43. The van der Waals surface area contributed by atoms with Gasteiger partial charge >= 0.3 is 0 Å². The smallest absolute Gasteiger partial charge is 0.274 e. The minimum Gasteiger partial charge on any atom is -0.352 e. The van der Waals surface area contributed by atoms with Gasteiger partial charge in [0.05, 0.1) is 0 Å². The van der Waals surface area contributed by atoms with Crippen molar-refractivity contribution in [1.29, 1.82) is 0 Å². The van der Waals surface area contributed by atoms with Crippen LogP contribution in [-0.2, 0) is 11.3 Å². The fraction of sp³-hybridized carbons (Fsp3) is 0.318. The average Bonchev–Trinajstić information content (AvgIpc) is 3.15. The Morgan fingerprint density at radius 1 is 1.14 bits per heavy atom. The minimum absolute atomic E-state index is 0.0449. The maximum atomic E-state index is 12.8. The lowest BCUT2D eigenvalue weighted by molar-refractivity contribution is -0.126. The van der Waals surface area contributed by atoms with E-state index in [2.05, 4.69) is 10.3 Å². The van der Waals surface area contributed by atoms with Crippen molar-refractivity contribution in [3.63, 3.8) is 0 Å². The number of imidazole rings is 1. The van der Waals surface area contributed by atoms with Crippen molar-refractivity contribution in [3.8, 4) is 0 Å². The van der Waals surface area contributed by atoms with E-state index in [0.717, 1.165) is 16.8 Å². The lowest BCUT2D eigenvalue weighted by Gasteiger charge is -2.30. The Morgan fingerprint density at radius 3 is 2.64 bits per heavy atom. The topological polar surface area (TPSA) is 66.7 Å². The first-order valence-electron chi connectivity index (χ1n) is 9.66. The molecule has 1 N–H and O–H groups in total. The van der Waals surface area contributed by atoms with Gasteiger partial charge in [-0.2, -0.15) is 0 Å². The lowest BCUT2D eigenvalue weighted by atomic mass is 9.95. The second kappa shape index (κ2) is 7.84. The number of carbonyl (C=O) groups excluding carboxylic acids is 2. The summed E-state index contributed by atoms with van der Waals surface area (Å²) < 4.78 is 1.87. The number of nitrogens with one attached hydrogen (secondary N) is 1. The highest BCUT2D eigenvalue weighted by Gasteiger charge is 2.28. The number of likely N-dealkylation sites (tertiary alicyclic amines) is 1. The number of rotatable bonds is 4. The number of pyridine rings is 1. The second-order valence-corrected chi connectivity index (χ2v) is 7.37. The molecule has 0 unspecified atom stereocenters. The maximum absolute atomic E-state index is 12.8. The van der Waals surface area contributed by atoms with Crippen LogP contribution in [0.4, 0.5) is 0 Å². The van der Waals surface area contributed by atoms with Gasteiger partial charge in [0, 0.05) is 37.9 Å². The average molecular weight is 376 g/mol. The van der Waals surface area contributed by atoms with Crippen molar-refractivity contribution in [2.24, 2.45) is 5.92 Å². The highest BCUT2D eigenvalue weighted by molar-refractivity contribution is 5.93. The molecule has 6 heteroatoms. The first-order chi connectivity index (χ1) is 13.6. The molecule has 0 atom stereocenters. The predicted octanol–water partition coefficient (Wildman–Crippen LogP) is 2.81. The van der Waals surface area contributed by atoms with Crippen molar-refractivity contribution in [2.75, 3.05) is 13.1 Å². The van der Waals surface area contributed by atoms with Crippen molar-refractivity contribution < 1.29 is 9.59 Å². The van der Waals surface area contributed by atoms with E-state index in [4.69, 9.17) is 0 Å². The van der Waals surface area contributed by atoms with Gasteiger partial charge in [0.15, 0.2) is 0 Å². The summed E-state index contributed by atoms with van der Waals surface area (Å²) in [4.78, 5) is 31.5. The standard InChI is InChI=1S/C22H24N4O2/c1-16-7-10-26-15-19(24-20(26)13-16)22(28)25-11-8-18(9-12-25)21(27)23-14-17-5-3-2-4-6-17/h2-7,10,13,15,18H,8-9,11-12,14H2,1H3,(H,23,27). The van der Waals surface area contributed by atoms with Crippen LogP contribution in [0.5, 0.6) is 0 Å². The van der Waals surface area contributed by atoms with Gasteiger partial charge in [-0.05, 0) is 43.0 Å². The Kier molecular flexibility index (Phi) is 5.10. The first-order valence-corrected chi connectivity index (χ1v) is 9.66. The van der Waals surface area contributed by atoms with Gasteiger partial charge in [-0.3, -0.25) is 9.59 Å². The van der Waals surface area contributed by atoms with Crippen LogP contribution in [0, 0.1) is 12.8 Å². The highest BCUT2D eigenvalue weighted by atomic mass is 16.2. The van der Waals surface area contributed by atoms with Crippen molar-refractivity contribution in [3.05, 3.63) is 71.7 Å². The summed E-state index contributed by atoms with van der Waals surface area (Å²) in [5.41, 5.74) is 3.43. The Hall–Kier alpha value is -3.15. The molecule has 1 saturated heterocycles. The van der Waals surface area contributed by atoms with Crippen molar-refractivity contribution >= 4 is 17.5 Å². The quantitative estimate of drug-likeness (QED) is 0.761. The Morgan fingerprint density at radius 2 is 1.89 bits per heavy atom. The molecule has 28 heavy (non-hydrogen) atoms. The van der Waals surface area contributed by atoms with Crippen LogP contribution in [0.25, 0.3) is 5.65 Å². The number of amides is 2. The SMILES string of the molecule is Cc1ccn2cc(C(=O)N3CCC(C(=O)NCc4ccccc4)CC3)nc2c1. The van der Waals surface area contributed by atoms with Gasteiger partial charge in [-0.1, -0.05) is 30.3 Å². The molecule has 1 aliphatic rings. The summed E-state index contributed by atoms with van der Waals surface area (Å²) >= 11 is 0. The fourth-order valence-electron chi connectivity index (χ4n) is 3.62. The van der Waals surface area contributed by atoms with Crippen LogP contribution in [0.1, 0.15) is 34.5 Å². The van der Waals surface area contributed by atoms with E-state index in [0.29, 0.717) is 38.2 Å². The number of aromatic nitrogens is 2. The maximum Gasteiger partial charge on any atom is 0.274 e. The Bertz CT molecular complexity index is 988. The van der Waals surface area contributed by atoms with Crippen LogP contribution in [-0.4, -0.2) is 39.2 Å². The third-order valence-corrected chi connectivity index (χ3v) is 5.30. The van der Waals surface area contributed by atoms with Crippen molar-refractivity contribution in [2.45, 2.75) is 26.3 Å². The first kappa shape index (κ1) is 18.2. The molecule has 0 saturated carbocycles. The van der Waals surface area contributed by atoms with E-state index >= 15 is 0 Å².